The van der Waals surface area contributed by atoms with Crippen LogP contribution in [0, 0.1) is 6.92 Å². The predicted molar refractivity (Wildman–Crippen MR) is 91.7 cm³/mol. The van der Waals surface area contributed by atoms with E-state index in [1.54, 1.807) is 52.0 Å². The summed E-state index contributed by atoms with van der Waals surface area (Å²) in [6.45, 7) is 6.45. The van der Waals surface area contributed by atoms with Crippen molar-refractivity contribution in [1.82, 2.24) is 5.32 Å². The molecule has 0 heterocycles. The van der Waals surface area contributed by atoms with Crippen molar-refractivity contribution in [2.24, 2.45) is 0 Å². The molecule has 25 heavy (non-hydrogen) atoms. The second-order valence-electron chi connectivity index (χ2n) is 7.70. The molecule has 1 amide bonds. The third kappa shape index (κ3) is 4.30. The molecule has 0 unspecified atom stereocenters. The molecule has 2 rings (SSSR count). The van der Waals surface area contributed by atoms with Gasteiger partial charge in [-0.3, -0.25) is 4.55 Å². The maximum absolute atomic E-state index is 14.9. The highest BCUT2D eigenvalue weighted by atomic mass is 32.2. The van der Waals surface area contributed by atoms with Gasteiger partial charge in [-0.05, 0) is 33.3 Å². The Balaban J connectivity index is 2.13. The Labute approximate surface area is 147 Å². The molecule has 1 saturated carbocycles. The monoisotopic (exact) mass is 373 g/mol. The van der Waals surface area contributed by atoms with Gasteiger partial charge in [0.05, 0.1) is 6.54 Å². The molecule has 0 spiro atoms. The number of carbonyl (C=O) groups is 1. The molecule has 2 N–H and O–H groups in total. The second kappa shape index (κ2) is 6.25. The summed E-state index contributed by atoms with van der Waals surface area (Å²) < 4.78 is 51.8. The van der Waals surface area contributed by atoms with E-state index in [1.807, 2.05) is 0 Å². The molecule has 1 aromatic carbocycles. The van der Waals surface area contributed by atoms with E-state index in [0.717, 1.165) is 5.56 Å². The first-order chi connectivity index (χ1) is 11.3. The molecule has 0 atom stereocenters. The van der Waals surface area contributed by atoms with E-state index in [1.165, 1.54) is 0 Å². The normalized spacial score (nSPS) is 26.6. The number of alkyl carbamates (subject to hydrolysis) is 1. The summed E-state index contributed by atoms with van der Waals surface area (Å²) in [6, 6.07) is 6.62. The summed E-state index contributed by atoms with van der Waals surface area (Å²) in [5, 5.41) is 2.32. The lowest BCUT2D eigenvalue weighted by molar-refractivity contribution is 0.00890. The number of nitrogens with one attached hydrogen (secondary N) is 1. The number of ether oxygens (including phenoxy) is 1. The summed E-state index contributed by atoms with van der Waals surface area (Å²) >= 11 is 0. The fourth-order valence-corrected chi connectivity index (χ4v) is 4.41. The summed E-state index contributed by atoms with van der Waals surface area (Å²) in [7, 11) is -4.52. The first-order valence-electron chi connectivity index (χ1n) is 7.96. The highest BCUT2D eigenvalue weighted by Gasteiger charge is 2.63. The van der Waals surface area contributed by atoms with Crippen LogP contribution in [-0.4, -0.2) is 36.9 Å². The Bertz CT molecular complexity index is 763. The van der Waals surface area contributed by atoms with Gasteiger partial charge in [-0.1, -0.05) is 29.8 Å². The zero-order valence-corrected chi connectivity index (χ0v) is 15.6. The Kier molecular flexibility index (Phi) is 4.91. The van der Waals surface area contributed by atoms with Gasteiger partial charge in [0.15, 0.2) is 0 Å². The minimum absolute atomic E-state index is 0.348. The SMILES string of the molecule is Cc1cccc(C2(S(=O)(=O)O)CC(F)(CNC(=O)OC(C)(C)C)C2)c1. The lowest BCUT2D eigenvalue weighted by atomic mass is 9.68. The van der Waals surface area contributed by atoms with Crippen LogP contribution in [0.5, 0.6) is 0 Å². The Morgan fingerprint density at radius 1 is 1.36 bits per heavy atom. The van der Waals surface area contributed by atoms with Gasteiger partial charge in [0.25, 0.3) is 10.1 Å². The molecule has 0 saturated heterocycles. The highest BCUT2D eigenvalue weighted by molar-refractivity contribution is 7.86. The third-order valence-corrected chi connectivity index (χ3v) is 5.70. The van der Waals surface area contributed by atoms with Crippen LogP contribution in [0.1, 0.15) is 44.7 Å². The van der Waals surface area contributed by atoms with Gasteiger partial charge in [0.2, 0.25) is 0 Å². The van der Waals surface area contributed by atoms with Gasteiger partial charge in [-0.15, -0.1) is 0 Å². The third-order valence-electron chi connectivity index (χ3n) is 4.19. The second-order valence-corrected chi connectivity index (χ2v) is 9.43. The fraction of sp³-hybridized carbons (Fsp3) is 0.588. The molecule has 0 aliphatic heterocycles. The summed E-state index contributed by atoms with van der Waals surface area (Å²) in [5.74, 6) is 0. The van der Waals surface area contributed by atoms with Gasteiger partial charge < -0.3 is 10.1 Å². The zero-order valence-electron chi connectivity index (χ0n) is 14.8. The quantitative estimate of drug-likeness (QED) is 0.791. The van der Waals surface area contributed by atoms with Crippen molar-refractivity contribution in [1.29, 1.82) is 0 Å². The van der Waals surface area contributed by atoms with Crippen LogP contribution >= 0.6 is 0 Å². The van der Waals surface area contributed by atoms with Crippen molar-refractivity contribution in [3.63, 3.8) is 0 Å². The Morgan fingerprint density at radius 2 is 1.96 bits per heavy atom. The van der Waals surface area contributed by atoms with Gasteiger partial charge >= 0.3 is 6.09 Å². The van der Waals surface area contributed by atoms with Crippen molar-refractivity contribution in [3.05, 3.63) is 35.4 Å². The van der Waals surface area contributed by atoms with Crippen LogP contribution in [0.3, 0.4) is 0 Å². The average molecular weight is 373 g/mol. The molecule has 1 aromatic rings. The number of halogens is 1. The van der Waals surface area contributed by atoms with Crippen molar-refractivity contribution in [2.75, 3.05) is 6.54 Å². The molecule has 1 aliphatic rings. The fourth-order valence-electron chi connectivity index (χ4n) is 3.11. The van der Waals surface area contributed by atoms with Crippen molar-refractivity contribution >= 4 is 16.2 Å². The maximum Gasteiger partial charge on any atom is 0.407 e. The largest absolute Gasteiger partial charge is 0.444 e. The van der Waals surface area contributed by atoms with Gasteiger partial charge in [0, 0.05) is 12.8 Å². The van der Waals surface area contributed by atoms with Crippen molar-refractivity contribution < 1.29 is 26.9 Å². The van der Waals surface area contributed by atoms with Crippen LogP contribution in [0.2, 0.25) is 0 Å². The van der Waals surface area contributed by atoms with Crippen LogP contribution in [0.25, 0.3) is 0 Å². The smallest absolute Gasteiger partial charge is 0.407 e. The topological polar surface area (TPSA) is 92.7 Å². The lowest BCUT2D eigenvalue weighted by Gasteiger charge is -2.49. The first-order valence-corrected chi connectivity index (χ1v) is 9.40. The molecular weight excluding hydrogens is 349 g/mol. The highest BCUT2D eigenvalue weighted by Crippen LogP contribution is 2.55. The molecule has 1 fully saturated rings. The van der Waals surface area contributed by atoms with Crippen molar-refractivity contribution in [2.45, 2.75) is 56.6 Å². The summed E-state index contributed by atoms with van der Waals surface area (Å²) in [4.78, 5) is 11.7. The van der Waals surface area contributed by atoms with E-state index in [4.69, 9.17) is 4.74 Å². The summed E-state index contributed by atoms with van der Waals surface area (Å²) in [6.07, 6.45) is -1.64. The summed E-state index contributed by atoms with van der Waals surface area (Å²) in [5.41, 5.74) is -1.49. The van der Waals surface area contributed by atoms with Crippen molar-refractivity contribution in [3.8, 4) is 0 Å². The molecule has 8 heteroatoms. The molecular formula is C17H24FNO5S. The maximum atomic E-state index is 14.9. The van der Waals surface area contributed by atoms with E-state index in [0.29, 0.717) is 5.56 Å². The van der Waals surface area contributed by atoms with E-state index >= 15 is 0 Å². The number of rotatable bonds is 4. The van der Waals surface area contributed by atoms with Crippen LogP contribution in [-0.2, 0) is 19.6 Å². The van der Waals surface area contributed by atoms with Gasteiger partial charge in [0.1, 0.15) is 16.0 Å². The lowest BCUT2D eigenvalue weighted by Crippen LogP contribution is -2.60. The molecule has 6 nitrogen and oxygen atoms in total. The molecule has 140 valence electrons. The minimum atomic E-state index is -4.52. The van der Waals surface area contributed by atoms with E-state index in [2.05, 4.69) is 5.32 Å². The molecule has 1 aliphatic carbocycles. The Morgan fingerprint density at radius 3 is 2.44 bits per heavy atom. The number of carbonyl (C=O) groups excluding carboxylic acids is 1. The molecule has 0 radical (unpaired) electrons. The van der Waals surface area contributed by atoms with Gasteiger partial charge in [-0.25, -0.2) is 9.18 Å². The van der Waals surface area contributed by atoms with Crippen LogP contribution in [0.4, 0.5) is 9.18 Å². The number of hydrogen-bond donors (Lipinski definition) is 2. The number of amides is 1. The van der Waals surface area contributed by atoms with Crippen LogP contribution in [0.15, 0.2) is 24.3 Å². The number of alkyl halides is 1. The Hall–Kier alpha value is -1.67. The standard InChI is InChI=1S/C17H24FNO5S/c1-12-6-5-7-13(8-12)17(25(21,22)23)9-16(18,10-17)11-19-14(20)24-15(2,3)4/h5-8H,9-11H2,1-4H3,(H,19,20)(H,21,22,23). The first kappa shape index (κ1) is 19.7. The average Bonchev–Trinajstić information content (AvgIpc) is 2.38. The predicted octanol–water partition coefficient (Wildman–Crippen LogP) is 3.10. The number of aryl methyl sites for hydroxylation is 1. The van der Waals surface area contributed by atoms with E-state index in [9.17, 15) is 22.2 Å². The number of hydrogen-bond acceptors (Lipinski definition) is 4. The van der Waals surface area contributed by atoms with Crippen LogP contribution < -0.4 is 5.32 Å². The molecule has 0 bridgehead atoms. The number of benzene rings is 1. The minimum Gasteiger partial charge on any atom is -0.444 e. The van der Waals surface area contributed by atoms with Gasteiger partial charge in [-0.2, -0.15) is 8.42 Å². The molecule has 0 aromatic heterocycles. The van der Waals surface area contributed by atoms with E-state index in [-0.39, 0.29) is 6.54 Å². The van der Waals surface area contributed by atoms with E-state index < -0.39 is 45.1 Å². The zero-order chi connectivity index (χ0) is 19.1.